The lowest BCUT2D eigenvalue weighted by atomic mass is 9.61. The summed E-state index contributed by atoms with van der Waals surface area (Å²) in [5.74, 6) is 0.385. The van der Waals surface area contributed by atoms with E-state index < -0.39 is 0 Å². The Balaban J connectivity index is 1.82. The van der Waals surface area contributed by atoms with Crippen LogP contribution in [-0.2, 0) is 10.8 Å². The molecule has 0 saturated carbocycles. The number of benzene rings is 3. The van der Waals surface area contributed by atoms with Crippen LogP contribution in [0.3, 0.4) is 0 Å². The van der Waals surface area contributed by atoms with Gasteiger partial charge in [-0.3, -0.25) is 0 Å². The number of allylic oxidation sites excluding steroid dienone is 4. The third-order valence-electron chi connectivity index (χ3n) is 7.12. The minimum absolute atomic E-state index is 0.0139. The van der Waals surface area contributed by atoms with E-state index in [9.17, 15) is 0 Å². The molecule has 3 aliphatic rings. The second kappa shape index (κ2) is 4.89. The number of fused-ring (bicyclic) bond motifs is 10. The number of rotatable bonds is 0. The third kappa shape index (κ3) is 1.61. The number of hydrogen-bond acceptors (Lipinski definition) is 0. The molecule has 130 valence electrons. The van der Waals surface area contributed by atoms with Crippen molar-refractivity contribution in [3.05, 3.63) is 119 Å². The van der Waals surface area contributed by atoms with E-state index in [4.69, 9.17) is 0 Å². The molecule has 0 heterocycles. The summed E-state index contributed by atoms with van der Waals surface area (Å²) in [6, 6.07) is 27.2. The van der Waals surface area contributed by atoms with Crippen molar-refractivity contribution < 1.29 is 0 Å². The first-order valence-electron chi connectivity index (χ1n) is 9.84. The average molecular weight is 346 g/mol. The lowest BCUT2D eigenvalue weighted by Gasteiger charge is -2.40. The molecule has 2 unspecified atom stereocenters. The first-order chi connectivity index (χ1) is 13.2. The fraction of sp³-hybridized carbons (Fsp3) is 0.185. The standard InChI is InChI=1S/C27H22/c1-18-15-16-25-26(2,17-18)23-13-7-8-14-24(23)27(25)21-11-5-3-9-19(21)20-10-4-6-12-22(20)27/h3-17,25H,1-2H3. The lowest BCUT2D eigenvalue weighted by molar-refractivity contribution is 0.370. The Bertz CT molecular complexity index is 1110. The summed E-state index contributed by atoms with van der Waals surface area (Å²) in [5, 5.41) is 0. The van der Waals surface area contributed by atoms with Gasteiger partial charge in [-0.2, -0.15) is 0 Å². The van der Waals surface area contributed by atoms with Gasteiger partial charge in [-0.05, 0) is 40.3 Å². The molecule has 27 heavy (non-hydrogen) atoms. The van der Waals surface area contributed by atoms with Gasteiger partial charge in [-0.25, -0.2) is 0 Å². The summed E-state index contributed by atoms with van der Waals surface area (Å²) in [6.45, 7) is 4.66. The van der Waals surface area contributed by atoms with Gasteiger partial charge in [0, 0.05) is 11.3 Å². The van der Waals surface area contributed by atoms with E-state index >= 15 is 0 Å². The van der Waals surface area contributed by atoms with E-state index in [0.717, 1.165) is 0 Å². The quantitative estimate of drug-likeness (QED) is 0.441. The summed E-state index contributed by atoms with van der Waals surface area (Å²) in [7, 11) is 0. The monoisotopic (exact) mass is 346 g/mol. The molecule has 0 saturated heterocycles. The van der Waals surface area contributed by atoms with Gasteiger partial charge in [0.15, 0.2) is 0 Å². The maximum absolute atomic E-state index is 2.49. The van der Waals surface area contributed by atoms with Crippen molar-refractivity contribution in [1.29, 1.82) is 0 Å². The zero-order chi connectivity index (χ0) is 18.2. The molecule has 0 aromatic heterocycles. The van der Waals surface area contributed by atoms with Crippen LogP contribution in [0.4, 0.5) is 0 Å². The van der Waals surface area contributed by atoms with Gasteiger partial charge in [0.05, 0.1) is 5.41 Å². The largest absolute Gasteiger partial charge is 0.0784 e. The molecule has 0 heteroatoms. The summed E-state index contributed by atoms with van der Waals surface area (Å²) >= 11 is 0. The molecule has 0 N–H and O–H groups in total. The van der Waals surface area contributed by atoms with Crippen LogP contribution in [0.1, 0.15) is 36.1 Å². The fourth-order valence-corrected chi connectivity index (χ4v) is 6.26. The summed E-state index contributed by atoms with van der Waals surface area (Å²) in [4.78, 5) is 0. The van der Waals surface area contributed by atoms with E-state index in [1.54, 1.807) is 0 Å². The summed E-state index contributed by atoms with van der Waals surface area (Å²) in [5.41, 5.74) is 9.94. The van der Waals surface area contributed by atoms with Crippen LogP contribution in [-0.4, -0.2) is 0 Å². The zero-order valence-corrected chi connectivity index (χ0v) is 15.7. The summed E-state index contributed by atoms with van der Waals surface area (Å²) in [6.07, 6.45) is 7.30. The van der Waals surface area contributed by atoms with Crippen molar-refractivity contribution in [3.8, 4) is 11.1 Å². The van der Waals surface area contributed by atoms with Crippen LogP contribution < -0.4 is 0 Å². The molecule has 0 nitrogen and oxygen atoms in total. The maximum Gasteiger partial charge on any atom is 0.0540 e. The Morgan fingerprint density at radius 3 is 1.81 bits per heavy atom. The average Bonchev–Trinajstić information content (AvgIpc) is 3.12. The highest BCUT2D eigenvalue weighted by atomic mass is 14.6. The predicted octanol–water partition coefficient (Wildman–Crippen LogP) is 6.41. The van der Waals surface area contributed by atoms with E-state index in [2.05, 4.69) is 105 Å². The molecule has 1 spiro atoms. The van der Waals surface area contributed by atoms with Crippen molar-refractivity contribution in [3.63, 3.8) is 0 Å². The molecular weight excluding hydrogens is 324 g/mol. The van der Waals surface area contributed by atoms with Gasteiger partial charge in [0.25, 0.3) is 0 Å². The van der Waals surface area contributed by atoms with Gasteiger partial charge >= 0.3 is 0 Å². The number of hydrogen-bond donors (Lipinski definition) is 0. The topological polar surface area (TPSA) is 0 Å². The lowest BCUT2D eigenvalue weighted by Crippen LogP contribution is -2.39. The smallest absolute Gasteiger partial charge is 0.0540 e. The first-order valence-corrected chi connectivity index (χ1v) is 9.84. The summed E-state index contributed by atoms with van der Waals surface area (Å²) < 4.78 is 0. The van der Waals surface area contributed by atoms with E-state index in [0.29, 0.717) is 5.92 Å². The van der Waals surface area contributed by atoms with Gasteiger partial charge in [-0.15, -0.1) is 0 Å². The van der Waals surface area contributed by atoms with Gasteiger partial charge in [0.2, 0.25) is 0 Å². The molecule has 3 aromatic carbocycles. The highest BCUT2D eigenvalue weighted by Crippen LogP contribution is 2.67. The van der Waals surface area contributed by atoms with E-state index in [-0.39, 0.29) is 10.8 Å². The normalized spacial score (nSPS) is 25.6. The minimum Gasteiger partial charge on any atom is -0.0784 e. The van der Waals surface area contributed by atoms with Crippen LogP contribution in [0.2, 0.25) is 0 Å². The highest BCUT2D eigenvalue weighted by Gasteiger charge is 2.61. The molecule has 0 aliphatic heterocycles. The highest BCUT2D eigenvalue weighted by molar-refractivity contribution is 5.86. The molecule has 3 aliphatic carbocycles. The molecule has 6 rings (SSSR count). The Labute approximate surface area is 160 Å². The Hall–Kier alpha value is -2.86. The molecule has 0 fully saturated rings. The maximum atomic E-state index is 2.49. The second-order valence-corrected chi connectivity index (χ2v) is 8.45. The zero-order valence-electron chi connectivity index (χ0n) is 15.7. The second-order valence-electron chi connectivity index (χ2n) is 8.45. The van der Waals surface area contributed by atoms with Gasteiger partial charge < -0.3 is 0 Å². The predicted molar refractivity (Wildman–Crippen MR) is 112 cm³/mol. The van der Waals surface area contributed by atoms with Crippen LogP contribution >= 0.6 is 0 Å². The molecule has 0 amide bonds. The molecule has 0 radical (unpaired) electrons. The molecule has 2 atom stereocenters. The Kier molecular flexibility index (Phi) is 2.76. The Morgan fingerprint density at radius 1 is 0.667 bits per heavy atom. The van der Waals surface area contributed by atoms with Crippen LogP contribution in [0.15, 0.2) is 96.6 Å². The van der Waals surface area contributed by atoms with Crippen LogP contribution in [0.5, 0.6) is 0 Å². The van der Waals surface area contributed by atoms with Crippen molar-refractivity contribution in [2.45, 2.75) is 24.7 Å². The Morgan fingerprint density at radius 2 is 1.19 bits per heavy atom. The van der Waals surface area contributed by atoms with Crippen LogP contribution in [0.25, 0.3) is 11.1 Å². The van der Waals surface area contributed by atoms with Gasteiger partial charge in [0.1, 0.15) is 0 Å². The van der Waals surface area contributed by atoms with Crippen molar-refractivity contribution in [1.82, 2.24) is 0 Å². The van der Waals surface area contributed by atoms with Gasteiger partial charge in [-0.1, -0.05) is 104 Å². The molecule has 3 aromatic rings. The fourth-order valence-electron chi connectivity index (χ4n) is 6.26. The minimum atomic E-state index is -0.105. The first kappa shape index (κ1) is 15.2. The van der Waals surface area contributed by atoms with Crippen molar-refractivity contribution >= 4 is 0 Å². The van der Waals surface area contributed by atoms with E-state index in [1.165, 1.54) is 39.0 Å². The van der Waals surface area contributed by atoms with Crippen molar-refractivity contribution in [2.24, 2.45) is 5.92 Å². The third-order valence-corrected chi connectivity index (χ3v) is 7.12. The molecule has 0 bridgehead atoms. The van der Waals surface area contributed by atoms with Crippen LogP contribution in [0, 0.1) is 5.92 Å². The molecular formula is C27H22. The SMILES string of the molecule is CC1=CC2(C)c3ccccc3C3(c4ccccc4-c4ccccc43)C2C=C1. The van der Waals surface area contributed by atoms with E-state index in [1.807, 2.05) is 0 Å². The van der Waals surface area contributed by atoms with Crippen molar-refractivity contribution in [2.75, 3.05) is 0 Å².